The molecule has 1 aliphatic rings. The number of hydrogen-bond acceptors (Lipinski definition) is 8. The van der Waals surface area contributed by atoms with Gasteiger partial charge in [-0.2, -0.15) is 13.2 Å². The number of benzene rings is 3. The number of alkyl halides is 3. The fourth-order valence-corrected chi connectivity index (χ4v) is 7.35. The molecule has 6 rings (SSSR count). The second-order valence-corrected chi connectivity index (χ2v) is 13.3. The van der Waals surface area contributed by atoms with Gasteiger partial charge in [0.1, 0.15) is 28.1 Å². The van der Waals surface area contributed by atoms with Gasteiger partial charge in [0.25, 0.3) is 15.7 Å². The number of methoxy groups -OCH3 is 2. The van der Waals surface area contributed by atoms with Crippen molar-refractivity contribution >= 4 is 49.3 Å². The molecule has 0 radical (unpaired) electrons. The van der Waals surface area contributed by atoms with E-state index >= 15 is 0 Å². The zero-order valence-electron chi connectivity index (χ0n) is 26.1. The number of carbonyl (C=O) groups excluding carboxylic acids is 2. The summed E-state index contributed by atoms with van der Waals surface area (Å²) in [5.41, 5.74) is -4.89. The zero-order chi connectivity index (χ0) is 34.6. The number of urea groups is 1. The standard InChI is InChI=1S/C34H29F3N4O6S/c1-19(23-15-17-38-29-25(23)7-5-9-27(29)46-3)33(20(2)24-16-18-39-30-26(24)8-6-10-28(30)47-4)31(42)41(32(43)40-33)21-11-13-22(14-12-21)48(44,45)34(35,36)37/h5-20H,1-4H3,(H,40,43). The van der Waals surface area contributed by atoms with Gasteiger partial charge in [-0.1, -0.05) is 38.1 Å². The van der Waals surface area contributed by atoms with Gasteiger partial charge in [0.15, 0.2) is 0 Å². The van der Waals surface area contributed by atoms with Crippen LogP contribution in [-0.2, 0) is 14.6 Å². The number of aromatic nitrogens is 2. The lowest BCUT2D eigenvalue weighted by Gasteiger charge is -2.39. The Morgan fingerprint density at radius 2 is 1.25 bits per heavy atom. The minimum Gasteiger partial charge on any atom is -0.494 e. The SMILES string of the molecule is COc1cccc2c(C(C)C3(C(C)c4ccnc5c(OC)cccc45)NC(=O)N(c4ccc(S(=O)(=O)C(F)(F)F)cc4)C3=O)ccnc12. The average Bonchev–Trinajstić information content (AvgIpc) is 3.35. The number of carbonyl (C=O) groups is 2. The highest BCUT2D eigenvalue weighted by Gasteiger charge is 2.59. The molecule has 0 bridgehead atoms. The summed E-state index contributed by atoms with van der Waals surface area (Å²) < 4.78 is 74.7. The van der Waals surface area contributed by atoms with Crippen molar-refractivity contribution in [2.45, 2.75) is 41.6 Å². The number of fused-ring (bicyclic) bond motifs is 2. The largest absolute Gasteiger partial charge is 0.501 e. The monoisotopic (exact) mass is 678 g/mol. The molecule has 3 amide bonds. The zero-order valence-corrected chi connectivity index (χ0v) is 26.9. The number of sulfone groups is 1. The van der Waals surface area contributed by atoms with Crippen molar-refractivity contribution in [3.8, 4) is 11.5 Å². The highest BCUT2D eigenvalue weighted by Crippen LogP contribution is 2.48. The molecule has 1 N–H and O–H groups in total. The van der Waals surface area contributed by atoms with Crippen LogP contribution in [0, 0.1) is 0 Å². The first-order valence-corrected chi connectivity index (χ1v) is 16.2. The molecule has 2 aromatic heterocycles. The molecule has 0 saturated carbocycles. The Bertz CT molecular complexity index is 2100. The smallest absolute Gasteiger partial charge is 0.494 e. The van der Waals surface area contributed by atoms with Gasteiger partial charge in [-0.05, 0) is 59.7 Å². The molecule has 2 unspecified atom stereocenters. The summed E-state index contributed by atoms with van der Waals surface area (Å²) in [6.45, 7) is 3.60. The number of pyridine rings is 2. The molecule has 3 aromatic carbocycles. The van der Waals surface area contributed by atoms with Gasteiger partial charge in [-0.25, -0.2) is 18.1 Å². The van der Waals surface area contributed by atoms with Crippen molar-refractivity contribution in [3.63, 3.8) is 0 Å². The Morgan fingerprint density at radius 1 is 0.771 bits per heavy atom. The predicted octanol–water partition coefficient (Wildman–Crippen LogP) is 6.50. The van der Waals surface area contributed by atoms with E-state index in [4.69, 9.17) is 9.47 Å². The lowest BCUT2D eigenvalue weighted by atomic mass is 9.68. The molecule has 3 heterocycles. The van der Waals surface area contributed by atoms with Crippen LogP contribution in [0.2, 0.25) is 0 Å². The molecule has 48 heavy (non-hydrogen) atoms. The summed E-state index contributed by atoms with van der Waals surface area (Å²) >= 11 is 0. The number of imide groups is 1. The third-order valence-corrected chi connectivity index (χ3v) is 10.6. The topological polar surface area (TPSA) is 128 Å². The first kappa shape index (κ1) is 32.7. The number of halogens is 3. The summed E-state index contributed by atoms with van der Waals surface area (Å²) in [4.78, 5) is 37.5. The van der Waals surface area contributed by atoms with Crippen LogP contribution in [-0.4, -0.2) is 55.6 Å². The molecule has 1 aliphatic heterocycles. The van der Waals surface area contributed by atoms with Gasteiger partial charge in [0.2, 0.25) is 0 Å². The number of nitrogens with one attached hydrogen (secondary N) is 1. The van der Waals surface area contributed by atoms with Gasteiger partial charge < -0.3 is 14.8 Å². The van der Waals surface area contributed by atoms with E-state index < -0.39 is 49.6 Å². The van der Waals surface area contributed by atoms with Crippen molar-refractivity contribution in [1.29, 1.82) is 0 Å². The Balaban J connectivity index is 1.55. The summed E-state index contributed by atoms with van der Waals surface area (Å²) in [6, 6.07) is 16.9. The summed E-state index contributed by atoms with van der Waals surface area (Å²) in [6.07, 6.45) is 3.17. The van der Waals surface area contributed by atoms with E-state index in [2.05, 4.69) is 15.3 Å². The molecule has 248 valence electrons. The number of hydrogen-bond donors (Lipinski definition) is 1. The molecule has 14 heteroatoms. The first-order valence-electron chi connectivity index (χ1n) is 14.7. The predicted molar refractivity (Wildman–Crippen MR) is 172 cm³/mol. The third kappa shape index (κ3) is 4.89. The van der Waals surface area contributed by atoms with E-state index in [9.17, 15) is 31.2 Å². The van der Waals surface area contributed by atoms with Crippen LogP contribution in [0.4, 0.5) is 23.7 Å². The third-order valence-electron chi connectivity index (χ3n) is 9.06. The molecule has 2 atom stereocenters. The minimum absolute atomic E-state index is 0.109. The second kappa shape index (κ2) is 11.8. The molecule has 1 saturated heterocycles. The lowest BCUT2D eigenvalue weighted by Crippen LogP contribution is -2.55. The highest BCUT2D eigenvalue weighted by molar-refractivity contribution is 7.92. The maximum absolute atomic E-state index is 14.9. The van der Waals surface area contributed by atoms with Crippen LogP contribution < -0.4 is 19.7 Å². The lowest BCUT2D eigenvalue weighted by molar-refractivity contribution is -0.123. The maximum Gasteiger partial charge on any atom is 0.501 e. The quantitative estimate of drug-likeness (QED) is 0.185. The van der Waals surface area contributed by atoms with Gasteiger partial charge in [-0.3, -0.25) is 14.8 Å². The molecule has 0 spiro atoms. The Hall–Kier alpha value is -5.24. The Morgan fingerprint density at radius 3 is 1.69 bits per heavy atom. The van der Waals surface area contributed by atoms with Crippen LogP contribution in [0.1, 0.15) is 36.8 Å². The van der Waals surface area contributed by atoms with E-state index in [0.717, 1.165) is 29.2 Å². The van der Waals surface area contributed by atoms with Crippen molar-refractivity contribution in [2.24, 2.45) is 0 Å². The number of rotatable bonds is 8. The van der Waals surface area contributed by atoms with Crippen molar-refractivity contribution < 1.29 is 40.7 Å². The molecular formula is C34H29F3N4O6S. The Labute approximate surface area is 273 Å². The number of nitrogens with zero attached hydrogens (tertiary/aromatic N) is 3. The molecule has 1 fully saturated rings. The molecular weight excluding hydrogens is 649 g/mol. The van der Waals surface area contributed by atoms with Gasteiger partial charge >= 0.3 is 11.5 Å². The molecule has 0 aliphatic carbocycles. The van der Waals surface area contributed by atoms with E-state index in [1.54, 1.807) is 62.6 Å². The van der Waals surface area contributed by atoms with E-state index in [1.165, 1.54) is 14.2 Å². The van der Waals surface area contributed by atoms with Gasteiger partial charge in [0, 0.05) is 35.0 Å². The van der Waals surface area contributed by atoms with Crippen LogP contribution in [0.15, 0.2) is 90.1 Å². The van der Waals surface area contributed by atoms with E-state index in [-0.39, 0.29) is 5.69 Å². The fourth-order valence-electron chi connectivity index (χ4n) is 6.58. The fraction of sp³-hybridized carbons (Fsp3) is 0.235. The molecule has 5 aromatic rings. The van der Waals surface area contributed by atoms with Crippen LogP contribution in [0.5, 0.6) is 11.5 Å². The summed E-state index contributed by atoms with van der Waals surface area (Å²) in [5.74, 6) is -1.14. The van der Waals surface area contributed by atoms with Crippen LogP contribution in [0.25, 0.3) is 21.8 Å². The summed E-state index contributed by atoms with van der Waals surface area (Å²) in [7, 11) is -2.62. The number of amides is 3. The van der Waals surface area contributed by atoms with Crippen molar-refractivity contribution in [1.82, 2.24) is 15.3 Å². The van der Waals surface area contributed by atoms with E-state index in [1.807, 2.05) is 12.1 Å². The summed E-state index contributed by atoms with van der Waals surface area (Å²) in [5, 5.41) is 4.31. The minimum atomic E-state index is -5.66. The highest BCUT2D eigenvalue weighted by atomic mass is 32.2. The first-order chi connectivity index (χ1) is 22.8. The number of para-hydroxylation sites is 2. The second-order valence-electron chi connectivity index (χ2n) is 11.3. The average molecular weight is 679 g/mol. The normalized spacial score (nSPS) is 18.2. The number of ether oxygens (including phenoxy) is 2. The van der Waals surface area contributed by atoms with Gasteiger partial charge in [-0.15, -0.1) is 0 Å². The van der Waals surface area contributed by atoms with E-state index in [0.29, 0.717) is 44.4 Å². The molecule has 10 nitrogen and oxygen atoms in total. The maximum atomic E-state index is 14.9. The van der Waals surface area contributed by atoms with Crippen molar-refractivity contribution in [3.05, 3.63) is 96.3 Å². The number of anilines is 1. The van der Waals surface area contributed by atoms with Gasteiger partial charge in [0.05, 0.1) is 24.8 Å². The van der Waals surface area contributed by atoms with Crippen LogP contribution in [0.3, 0.4) is 0 Å². The Kier molecular flexibility index (Phi) is 8.02. The van der Waals surface area contributed by atoms with Crippen LogP contribution >= 0.6 is 0 Å². The van der Waals surface area contributed by atoms with Crippen molar-refractivity contribution in [2.75, 3.05) is 19.1 Å².